The van der Waals surface area contributed by atoms with Crippen LogP contribution in [0, 0.1) is 0 Å². The van der Waals surface area contributed by atoms with E-state index in [4.69, 9.17) is 9.47 Å². The molecule has 12 heteroatoms. The summed E-state index contributed by atoms with van der Waals surface area (Å²) < 4.78 is 41.0. The molecule has 0 heterocycles. The topological polar surface area (TPSA) is 149 Å². The lowest BCUT2D eigenvalue weighted by molar-refractivity contribution is -0.142. The Morgan fingerprint density at radius 1 is 1.03 bits per heavy atom. The van der Waals surface area contributed by atoms with Crippen molar-refractivity contribution >= 4 is 28.2 Å². The van der Waals surface area contributed by atoms with Gasteiger partial charge in [0, 0.05) is 13.1 Å². The molecule has 0 bridgehead atoms. The molecule has 2 amide bonds. The zero-order chi connectivity index (χ0) is 23.1. The highest BCUT2D eigenvalue weighted by Crippen LogP contribution is 2.00. The van der Waals surface area contributed by atoms with E-state index in [2.05, 4.69) is 20.1 Å². The van der Waals surface area contributed by atoms with Gasteiger partial charge in [0.05, 0.1) is 19.5 Å². The Bertz CT molecular complexity index is 802. The zero-order valence-electron chi connectivity index (χ0n) is 17.6. The maximum atomic E-state index is 12.2. The van der Waals surface area contributed by atoms with Gasteiger partial charge in [-0.15, -0.1) is 0 Å². The second-order valence-electron chi connectivity index (χ2n) is 6.37. The molecular weight excluding hydrogens is 430 g/mol. The number of benzene rings is 1. The first kappa shape index (κ1) is 26.2. The Kier molecular flexibility index (Phi) is 12.0. The summed E-state index contributed by atoms with van der Waals surface area (Å²) in [4.78, 5) is 35.1. The average Bonchev–Trinajstić information content (AvgIpc) is 2.75. The molecule has 0 radical (unpaired) electrons. The van der Waals surface area contributed by atoms with Gasteiger partial charge in [0.25, 0.3) is 0 Å². The zero-order valence-corrected chi connectivity index (χ0v) is 18.4. The van der Waals surface area contributed by atoms with Crippen molar-refractivity contribution in [2.24, 2.45) is 0 Å². The third-order valence-electron chi connectivity index (χ3n) is 3.84. The molecule has 31 heavy (non-hydrogen) atoms. The molecule has 1 atom stereocenters. The van der Waals surface area contributed by atoms with Crippen LogP contribution in [-0.2, 0) is 35.6 Å². The summed E-state index contributed by atoms with van der Waals surface area (Å²) in [6.45, 7) is 1.58. The fraction of sp³-hybridized carbons (Fsp3) is 0.526. The summed E-state index contributed by atoms with van der Waals surface area (Å²) in [7, 11) is -2.89. The van der Waals surface area contributed by atoms with Crippen molar-refractivity contribution in [3.05, 3.63) is 35.9 Å². The SMILES string of the molecule is CCCCOC(=O)NC[C@H](NS(=O)(=O)CCNC(=O)OCc1ccccc1)C(=O)OC. The van der Waals surface area contributed by atoms with E-state index in [9.17, 15) is 22.8 Å². The number of rotatable bonds is 13. The fourth-order valence-electron chi connectivity index (χ4n) is 2.20. The molecule has 0 unspecified atom stereocenters. The van der Waals surface area contributed by atoms with Gasteiger partial charge in [-0.3, -0.25) is 4.79 Å². The second-order valence-corrected chi connectivity index (χ2v) is 8.24. The first-order valence-corrected chi connectivity index (χ1v) is 11.4. The van der Waals surface area contributed by atoms with Crippen LogP contribution in [0.3, 0.4) is 0 Å². The highest BCUT2D eigenvalue weighted by molar-refractivity contribution is 7.89. The summed E-state index contributed by atoms with van der Waals surface area (Å²) in [5.41, 5.74) is 0.786. The number of carbonyl (C=O) groups excluding carboxylic acids is 3. The average molecular weight is 460 g/mol. The van der Waals surface area contributed by atoms with Crippen molar-refractivity contribution in [2.75, 3.05) is 32.6 Å². The van der Waals surface area contributed by atoms with Crippen LogP contribution < -0.4 is 15.4 Å². The molecule has 1 aromatic rings. The summed E-state index contributed by atoms with van der Waals surface area (Å²) in [5.74, 6) is -1.39. The molecule has 1 rings (SSSR count). The number of ether oxygens (including phenoxy) is 3. The molecule has 0 aliphatic rings. The summed E-state index contributed by atoms with van der Waals surface area (Å²) >= 11 is 0. The third kappa shape index (κ3) is 11.8. The monoisotopic (exact) mass is 459 g/mol. The van der Waals surface area contributed by atoms with Gasteiger partial charge in [0.2, 0.25) is 10.0 Å². The van der Waals surface area contributed by atoms with E-state index in [0.29, 0.717) is 6.42 Å². The van der Waals surface area contributed by atoms with Crippen molar-refractivity contribution in [3.63, 3.8) is 0 Å². The lowest BCUT2D eigenvalue weighted by Crippen LogP contribution is -2.50. The molecule has 0 aliphatic heterocycles. The molecule has 0 fully saturated rings. The van der Waals surface area contributed by atoms with Gasteiger partial charge in [0.15, 0.2) is 0 Å². The molecule has 11 nitrogen and oxygen atoms in total. The normalized spacial score (nSPS) is 11.8. The van der Waals surface area contributed by atoms with Gasteiger partial charge in [-0.05, 0) is 12.0 Å². The number of unbranched alkanes of at least 4 members (excludes halogenated alkanes) is 1. The maximum Gasteiger partial charge on any atom is 0.407 e. The molecule has 0 saturated carbocycles. The molecule has 1 aromatic carbocycles. The number of esters is 1. The Balaban J connectivity index is 2.43. The van der Waals surface area contributed by atoms with Crippen LogP contribution in [0.25, 0.3) is 0 Å². The number of hydrogen-bond acceptors (Lipinski definition) is 8. The number of hydrogen-bond donors (Lipinski definition) is 3. The van der Waals surface area contributed by atoms with E-state index in [1.165, 1.54) is 0 Å². The summed E-state index contributed by atoms with van der Waals surface area (Å²) in [5, 5.41) is 4.63. The van der Waals surface area contributed by atoms with Crippen molar-refractivity contribution < 1.29 is 37.0 Å². The van der Waals surface area contributed by atoms with Crippen LogP contribution >= 0.6 is 0 Å². The van der Waals surface area contributed by atoms with Crippen molar-refractivity contribution in [2.45, 2.75) is 32.4 Å². The standard InChI is InChI=1S/C19H29N3O8S/c1-3-4-11-29-19(25)21-13-16(17(23)28-2)22-31(26,27)12-10-20-18(24)30-14-15-8-6-5-7-9-15/h5-9,16,22H,3-4,10-14H2,1-2H3,(H,20,24)(H,21,25)/t16-/m0/s1. The number of carbonyl (C=O) groups is 3. The highest BCUT2D eigenvalue weighted by atomic mass is 32.2. The van der Waals surface area contributed by atoms with Crippen molar-refractivity contribution in [1.82, 2.24) is 15.4 Å². The lowest BCUT2D eigenvalue weighted by atomic mass is 10.2. The van der Waals surface area contributed by atoms with E-state index in [1.54, 1.807) is 24.3 Å². The van der Waals surface area contributed by atoms with Gasteiger partial charge < -0.3 is 24.8 Å². The maximum absolute atomic E-state index is 12.2. The van der Waals surface area contributed by atoms with Crippen LogP contribution in [0.1, 0.15) is 25.3 Å². The van der Waals surface area contributed by atoms with Crippen LogP contribution in [-0.4, -0.2) is 65.2 Å². The van der Waals surface area contributed by atoms with E-state index in [-0.39, 0.29) is 26.3 Å². The lowest BCUT2D eigenvalue weighted by Gasteiger charge is -2.17. The van der Waals surface area contributed by atoms with E-state index < -0.39 is 40.0 Å². The minimum Gasteiger partial charge on any atom is -0.468 e. The van der Waals surface area contributed by atoms with Crippen LogP contribution in [0.5, 0.6) is 0 Å². The Morgan fingerprint density at radius 2 is 1.71 bits per heavy atom. The van der Waals surface area contributed by atoms with Gasteiger partial charge in [-0.2, -0.15) is 4.72 Å². The number of alkyl carbamates (subject to hydrolysis) is 2. The van der Waals surface area contributed by atoms with E-state index in [0.717, 1.165) is 19.1 Å². The quantitative estimate of drug-likeness (QED) is 0.224. The number of methoxy groups -OCH3 is 1. The second kappa shape index (κ2) is 14.2. The summed E-state index contributed by atoms with van der Waals surface area (Å²) in [6, 6.07) is 7.63. The Hall–Kier alpha value is -2.86. The molecule has 3 N–H and O–H groups in total. The minimum absolute atomic E-state index is 0.0438. The number of amides is 2. The van der Waals surface area contributed by atoms with Crippen molar-refractivity contribution in [1.29, 1.82) is 0 Å². The Labute approximate surface area is 181 Å². The summed E-state index contributed by atoms with van der Waals surface area (Å²) in [6.07, 6.45) is -0.0306. The van der Waals surface area contributed by atoms with Gasteiger partial charge in [0.1, 0.15) is 12.6 Å². The molecule has 0 saturated heterocycles. The molecule has 0 aromatic heterocycles. The largest absolute Gasteiger partial charge is 0.468 e. The molecule has 174 valence electrons. The van der Waals surface area contributed by atoms with Crippen LogP contribution in [0.15, 0.2) is 30.3 Å². The van der Waals surface area contributed by atoms with Crippen LogP contribution in [0.4, 0.5) is 9.59 Å². The van der Waals surface area contributed by atoms with E-state index in [1.807, 2.05) is 13.0 Å². The van der Waals surface area contributed by atoms with Gasteiger partial charge in [-0.1, -0.05) is 43.7 Å². The Morgan fingerprint density at radius 3 is 2.35 bits per heavy atom. The number of nitrogens with one attached hydrogen (secondary N) is 3. The molecule has 0 spiro atoms. The first-order chi connectivity index (χ1) is 14.8. The van der Waals surface area contributed by atoms with Gasteiger partial charge >= 0.3 is 18.2 Å². The van der Waals surface area contributed by atoms with E-state index >= 15 is 0 Å². The predicted molar refractivity (Wildman–Crippen MR) is 112 cm³/mol. The fourth-order valence-corrected chi connectivity index (χ4v) is 3.30. The molecule has 0 aliphatic carbocycles. The molecular formula is C19H29N3O8S. The first-order valence-electron chi connectivity index (χ1n) is 9.70. The van der Waals surface area contributed by atoms with Crippen LogP contribution in [0.2, 0.25) is 0 Å². The smallest absolute Gasteiger partial charge is 0.407 e. The third-order valence-corrected chi connectivity index (χ3v) is 5.23. The minimum atomic E-state index is -3.98. The van der Waals surface area contributed by atoms with Gasteiger partial charge in [-0.25, -0.2) is 18.0 Å². The van der Waals surface area contributed by atoms with Crippen molar-refractivity contribution in [3.8, 4) is 0 Å². The number of sulfonamides is 1. The predicted octanol–water partition coefficient (Wildman–Crippen LogP) is 0.900. The highest BCUT2D eigenvalue weighted by Gasteiger charge is 2.26.